The Balaban J connectivity index is 1.25. The summed E-state index contributed by atoms with van der Waals surface area (Å²) in [5, 5.41) is 39.3. The number of aryl methyl sites for hydroxylation is 1. The number of H-pyrrole nitrogens is 1. The quantitative estimate of drug-likeness (QED) is 0.143. The van der Waals surface area contributed by atoms with E-state index in [2.05, 4.69) is 20.1 Å². The monoisotopic (exact) mass is 798 g/mol. The molecule has 8 heterocycles. The van der Waals surface area contributed by atoms with Crippen LogP contribution in [0.5, 0.6) is 34.5 Å². The lowest BCUT2D eigenvalue weighted by Crippen LogP contribution is -2.69. The van der Waals surface area contributed by atoms with Gasteiger partial charge in [-0.1, -0.05) is 6.07 Å². The lowest BCUT2D eigenvalue weighted by molar-refractivity contribution is -0.181. The van der Waals surface area contributed by atoms with Crippen LogP contribution in [0.2, 0.25) is 0 Å². The summed E-state index contributed by atoms with van der Waals surface area (Å²) in [6.07, 6.45) is 0.0816. The van der Waals surface area contributed by atoms with Crippen molar-refractivity contribution < 1.29 is 48.6 Å². The van der Waals surface area contributed by atoms with E-state index in [1.165, 1.54) is 18.7 Å². The predicted molar refractivity (Wildman–Crippen MR) is 209 cm³/mol. The Morgan fingerprint density at radius 3 is 2.63 bits per heavy atom. The zero-order valence-corrected chi connectivity index (χ0v) is 33.4. The number of piperazine rings is 1. The first-order chi connectivity index (χ1) is 27.3. The second-order valence-corrected chi connectivity index (χ2v) is 17.5. The van der Waals surface area contributed by atoms with E-state index < -0.39 is 41.1 Å². The third-order valence-corrected chi connectivity index (χ3v) is 14.6. The van der Waals surface area contributed by atoms with Gasteiger partial charge in [0.05, 0.1) is 37.1 Å². The van der Waals surface area contributed by atoms with E-state index in [0.29, 0.717) is 58.1 Å². The van der Waals surface area contributed by atoms with Crippen molar-refractivity contribution in [1.29, 1.82) is 0 Å². The Morgan fingerprint density at radius 2 is 1.86 bits per heavy atom. The molecular weight excluding hydrogens is 753 g/mol. The van der Waals surface area contributed by atoms with Crippen LogP contribution in [0.25, 0.3) is 10.9 Å². The molecule has 0 aliphatic carbocycles. The number of phenols is 2. The van der Waals surface area contributed by atoms with Crippen LogP contribution in [0.1, 0.15) is 75.8 Å². The van der Waals surface area contributed by atoms with Gasteiger partial charge < -0.3 is 44.0 Å². The van der Waals surface area contributed by atoms with Crippen molar-refractivity contribution in [3.63, 3.8) is 0 Å². The first-order valence-corrected chi connectivity index (χ1v) is 20.4. The van der Waals surface area contributed by atoms with Crippen molar-refractivity contribution >= 4 is 34.4 Å². The number of aromatic amines is 1. The number of esters is 1. The van der Waals surface area contributed by atoms with Crippen molar-refractivity contribution in [2.45, 2.75) is 87.8 Å². The van der Waals surface area contributed by atoms with Crippen molar-refractivity contribution in [1.82, 2.24) is 20.1 Å². The third-order valence-electron chi connectivity index (χ3n) is 13.2. The number of hydrogen-bond donors (Lipinski definition) is 5. The van der Waals surface area contributed by atoms with Gasteiger partial charge >= 0.3 is 5.97 Å². The number of likely N-dealkylation sites (N-methyl/N-ethyl adjacent to an activating group) is 1. The average Bonchev–Trinajstić information content (AvgIpc) is 3.79. The number of aromatic nitrogens is 1. The topological polar surface area (TPSA) is 175 Å². The summed E-state index contributed by atoms with van der Waals surface area (Å²) in [4.78, 5) is 35.8. The van der Waals surface area contributed by atoms with Crippen molar-refractivity contribution in [3.8, 4) is 34.5 Å². The molecule has 2 saturated heterocycles. The van der Waals surface area contributed by atoms with E-state index in [4.69, 9.17) is 23.7 Å². The summed E-state index contributed by atoms with van der Waals surface area (Å²) >= 11 is 1.53. The molecule has 2 fully saturated rings. The fourth-order valence-electron chi connectivity index (χ4n) is 10.9. The summed E-state index contributed by atoms with van der Waals surface area (Å²) < 4.78 is 30.8. The first-order valence-electron chi connectivity index (χ1n) is 19.4. The van der Waals surface area contributed by atoms with Gasteiger partial charge in [-0.25, -0.2) is 0 Å². The highest BCUT2D eigenvalue weighted by Gasteiger charge is 2.61. The fourth-order valence-corrected chi connectivity index (χ4v) is 12.6. The maximum Gasteiger partial charge on any atom is 0.308 e. The molecule has 1 aromatic heterocycles. The highest BCUT2D eigenvalue weighted by atomic mass is 32.2. The van der Waals surface area contributed by atoms with Crippen LogP contribution in [-0.4, -0.2) is 106 Å². The van der Waals surface area contributed by atoms with Gasteiger partial charge in [0.15, 0.2) is 28.8 Å². The standard InChI is InChI=1S/C42H46N4O10S/c1-17-9-21-11-26-41(51)46-27-13-53-14-28(49)42(40-24(10-18(2)44-42)23-12-22(48)7-8-25(23)43-40)15-57-39(33(46)32(45(26)5)29(21)34(50)35(17)52-6)31-30(27)38-37(54-16-55-38)19(3)36(31)56-20(4)47/h7-9,12,18,26-27,32-33,39,41,43-44,48,50-51H,10-11,13-16H2,1-6H3/t18?,26-,27+,32+,33?,39+,41-,42-/m0/s1. The molecule has 14 nitrogen and oxygen atoms in total. The molecule has 4 bridgehead atoms. The Hall–Kier alpha value is -4.51. The molecule has 7 aliphatic rings. The number of phenolic OH excluding ortho intramolecular Hbond substituents is 2. The van der Waals surface area contributed by atoms with Crippen LogP contribution >= 0.6 is 11.8 Å². The number of hydrogen-bond acceptors (Lipinski definition) is 14. The number of carbonyl (C=O) groups excluding carboxylic acids is 2. The number of rotatable bonds is 2. The summed E-state index contributed by atoms with van der Waals surface area (Å²) in [7, 11) is 3.52. The molecule has 8 atom stereocenters. The van der Waals surface area contributed by atoms with Gasteiger partial charge in [0.25, 0.3) is 0 Å². The predicted octanol–water partition coefficient (Wildman–Crippen LogP) is 4.32. The number of fused-ring (bicyclic) bond motifs is 12. The summed E-state index contributed by atoms with van der Waals surface area (Å²) in [6, 6.07) is 5.01. The molecule has 5 N–H and O–H groups in total. The van der Waals surface area contributed by atoms with E-state index in [-0.39, 0.29) is 55.1 Å². The molecule has 7 aliphatic heterocycles. The van der Waals surface area contributed by atoms with Gasteiger partial charge in [-0.15, -0.1) is 11.8 Å². The number of methoxy groups -OCH3 is 1. The van der Waals surface area contributed by atoms with E-state index in [0.717, 1.165) is 33.3 Å². The zero-order valence-electron chi connectivity index (χ0n) is 32.6. The summed E-state index contributed by atoms with van der Waals surface area (Å²) in [5.74, 6) is 1.41. The zero-order chi connectivity index (χ0) is 39.8. The van der Waals surface area contributed by atoms with Crippen LogP contribution in [-0.2, 0) is 32.7 Å². The number of nitrogens with one attached hydrogen (secondary N) is 2. The summed E-state index contributed by atoms with van der Waals surface area (Å²) in [5.41, 5.74) is 5.62. The minimum Gasteiger partial charge on any atom is -0.508 e. The van der Waals surface area contributed by atoms with Gasteiger partial charge in [0.1, 0.15) is 29.9 Å². The molecule has 0 amide bonds. The highest BCUT2D eigenvalue weighted by molar-refractivity contribution is 7.99. The Morgan fingerprint density at radius 1 is 1.07 bits per heavy atom. The van der Waals surface area contributed by atoms with E-state index in [1.807, 2.05) is 40.0 Å². The molecule has 0 radical (unpaired) electrons. The van der Waals surface area contributed by atoms with Crippen molar-refractivity contribution in [3.05, 3.63) is 68.9 Å². The number of aliphatic hydroxyl groups is 1. The number of carbonyl (C=O) groups is 2. The molecular formula is C42H46N4O10S. The number of benzene rings is 3. The largest absolute Gasteiger partial charge is 0.508 e. The number of nitrogens with zero attached hydrogens (tertiary/aromatic N) is 2. The smallest absolute Gasteiger partial charge is 0.308 e. The van der Waals surface area contributed by atoms with E-state index >= 15 is 0 Å². The van der Waals surface area contributed by atoms with E-state index in [9.17, 15) is 24.9 Å². The minimum absolute atomic E-state index is 0.0136. The number of Topliss-reactive ketones (excluding diaryl/α,β-unsaturated/α-hetero) is 1. The lowest BCUT2D eigenvalue weighted by Gasteiger charge is -2.61. The number of aromatic hydroxyl groups is 2. The van der Waals surface area contributed by atoms with Crippen LogP contribution < -0.4 is 24.3 Å². The van der Waals surface area contributed by atoms with Crippen LogP contribution in [0.4, 0.5) is 0 Å². The maximum atomic E-state index is 15.0. The van der Waals surface area contributed by atoms with Gasteiger partial charge in [-0.2, -0.15) is 0 Å². The number of thioether (sulfide) groups is 1. The SMILES string of the molecule is COc1c(C)cc2c(c1O)[C@@H]1C3[C@@H]4SC[C@]5(NC(C)Cc6c5[nH]c5ccc(O)cc65)C(=O)COC[C@H](c5c6c(c(C)c(OC(C)=O)c54)OCO6)N3[C@@H](O)[C@H](C2)N1C. The second kappa shape index (κ2) is 13.0. The van der Waals surface area contributed by atoms with E-state index in [1.54, 1.807) is 19.2 Å². The number of ketones is 1. The molecule has 2 unspecified atom stereocenters. The maximum absolute atomic E-state index is 15.0. The van der Waals surface area contributed by atoms with Crippen LogP contribution in [0.3, 0.4) is 0 Å². The minimum atomic E-state index is -1.26. The molecule has 11 rings (SSSR count). The third kappa shape index (κ3) is 5.08. The number of ether oxygens (including phenoxy) is 5. The van der Waals surface area contributed by atoms with Gasteiger partial charge in [-0.3, -0.25) is 24.7 Å². The summed E-state index contributed by atoms with van der Waals surface area (Å²) in [6.45, 7) is 6.87. The first kappa shape index (κ1) is 36.8. The Bertz CT molecular complexity index is 2400. The van der Waals surface area contributed by atoms with Crippen LogP contribution in [0, 0.1) is 13.8 Å². The van der Waals surface area contributed by atoms with Crippen molar-refractivity contribution in [2.75, 3.05) is 39.9 Å². The van der Waals surface area contributed by atoms with Gasteiger partial charge in [-0.05, 0) is 75.5 Å². The second-order valence-electron chi connectivity index (χ2n) is 16.4. The highest BCUT2D eigenvalue weighted by Crippen LogP contribution is 2.64. The Labute approximate surface area is 333 Å². The van der Waals surface area contributed by atoms with Crippen molar-refractivity contribution in [2.24, 2.45) is 0 Å². The van der Waals surface area contributed by atoms with Crippen LogP contribution in [0.15, 0.2) is 24.3 Å². The normalized spacial score (nSPS) is 30.4. The Kier molecular flexibility index (Phi) is 8.39. The molecule has 15 heteroatoms. The molecule has 1 spiro atoms. The molecule has 300 valence electrons. The fraction of sp³-hybridized carbons (Fsp3) is 0.476. The molecule has 3 aromatic carbocycles. The van der Waals surface area contributed by atoms with Gasteiger partial charge in [0.2, 0.25) is 6.79 Å². The molecule has 0 saturated carbocycles. The average molecular weight is 799 g/mol. The van der Waals surface area contributed by atoms with Gasteiger partial charge in [0, 0.05) is 63.6 Å². The molecule has 4 aromatic rings. The molecule has 57 heavy (non-hydrogen) atoms. The number of aliphatic hydroxyl groups excluding tert-OH is 1. The lowest BCUT2D eigenvalue weighted by atomic mass is 9.73.